The predicted molar refractivity (Wildman–Crippen MR) is 136 cm³/mol. The van der Waals surface area contributed by atoms with Gasteiger partial charge < -0.3 is 20.1 Å². The molecule has 8 heteroatoms. The van der Waals surface area contributed by atoms with Gasteiger partial charge in [0.05, 0.1) is 7.11 Å². The summed E-state index contributed by atoms with van der Waals surface area (Å²) in [5, 5.41) is 6.33. The molecule has 1 saturated carbocycles. The Bertz CT molecular complexity index is 1110. The zero-order valence-electron chi connectivity index (χ0n) is 19.4. The number of nitrogens with one attached hydrogen (secondary N) is 2. The van der Waals surface area contributed by atoms with E-state index in [0.29, 0.717) is 28.0 Å². The zero-order chi connectivity index (χ0) is 24.1. The molecule has 0 spiro atoms. The van der Waals surface area contributed by atoms with E-state index in [2.05, 4.69) is 10.6 Å². The average molecular weight is 480 g/mol. The van der Waals surface area contributed by atoms with E-state index in [1.165, 1.54) is 13.5 Å². The monoisotopic (exact) mass is 479 g/mol. The zero-order valence-corrected chi connectivity index (χ0v) is 20.2. The lowest BCUT2D eigenvalue weighted by Gasteiger charge is -2.29. The van der Waals surface area contributed by atoms with Crippen LogP contribution in [0.5, 0.6) is 11.5 Å². The maximum absolute atomic E-state index is 13.0. The Balaban J connectivity index is 1.41. The summed E-state index contributed by atoms with van der Waals surface area (Å²) in [6, 6.07) is 13.0. The van der Waals surface area contributed by atoms with Crippen molar-refractivity contribution in [3.8, 4) is 11.5 Å². The molecular formula is C26H29N3O4S. The Labute approximate surface area is 205 Å². The van der Waals surface area contributed by atoms with Gasteiger partial charge >= 0.3 is 0 Å². The first kappa shape index (κ1) is 23.8. The number of anilines is 1. The molecule has 2 fully saturated rings. The second kappa shape index (κ2) is 10.7. The fourth-order valence-corrected chi connectivity index (χ4v) is 4.60. The number of carbonyl (C=O) groups is 2. The van der Waals surface area contributed by atoms with Crippen LogP contribution in [0.1, 0.15) is 43.2 Å². The van der Waals surface area contributed by atoms with Gasteiger partial charge in [0.2, 0.25) is 0 Å². The van der Waals surface area contributed by atoms with Gasteiger partial charge in [-0.2, -0.15) is 0 Å². The third-order valence-electron chi connectivity index (χ3n) is 6.04. The summed E-state index contributed by atoms with van der Waals surface area (Å²) in [7, 11) is 1.53. The topological polar surface area (TPSA) is 79.9 Å². The van der Waals surface area contributed by atoms with Crippen LogP contribution >= 0.6 is 12.2 Å². The SMILES string of the molecule is COc1cc(/C=C2/NC(=S)N(C3CCCCC3)C2=O)ccc1OCC(=O)Nc1ccc(C)cc1. The van der Waals surface area contributed by atoms with E-state index in [-0.39, 0.29) is 24.5 Å². The lowest BCUT2D eigenvalue weighted by Crippen LogP contribution is -2.41. The van der Waals surface area contributed by atoms with Crippen LogP contribution in [0, 0.1) is 6.92 Å². The second-order valence-corrected chi connectivity index (χ2v) is 8.96. The molecule has 4 rings (SSSR count). The van der Waals surface area contributed by atoms with Gasteiger partial charge in [0.1, 0.15) is 5.70 Å². The highest BCUT2D eigenvalue weighted by molar-refractivity contribution is 7.80. The minimum atomic E-state index is -0.269. The molecule has 0 aromatic heterocycles. The minimum absolute atomic E-state index is 0.0935. The van der Waals surface area contributed by atoms with Crippen LogP contribution in [0.25, 0.3) is 6.08 Å². The van der Waals surface area contributed by atoms with Crippen LogP contribution in [-0.4, -0.2) is 41.6 Å². The molecular weight excluding hydrogens is 450 g/mol. The van der Waals surface area contributed by atoms with Crippen molar-refractivity contribution >= 4 is 40.9 Å². The van der Waals surface area contributed by atoms with Crippen LogP contribution in [0.15, 0.2) is 48.2 Å². The Kier molecular flexibility index (Phi) is 7.47. The van der Waals surface area contributed by atoms with Gasteiger partial charge in [-0.3, -0.25) is 14.5 Å². The van der Waals surface area contributed by atoms with E-state index in [1.807, 2.05) is 37.3 Å². The van der Waals surface area contributed by atoms with E-state index in [9.17, 15) is 9.59 Å². The first-order valence-corrected chi connectivity index (χ1v) is 11.9. The van der Waals surface area contributed by atoms with Crippen molar-refractivity contribution in [2.45, 2.75) is 45.1 Å². The largest absolute Gasteiger partial charge is 0.493 e. The molecule has 1 heterocycles. The quantitative estimate of drug-likeness (QED) is 0.452. The lowest BCUT2D eigenvalue weighted by atomic mass is 9.94. The molecule has 1 aliphatic heterocycles. The molecule has 2 N–H and O–H groups in total. The third-order valence-corrected chi connectivity index (χ3v) is 6.34. The van der Waals surface area contributed by atoms with E-state index in [1.54, 1.807) is 23.1 Å². The molecule has 0 bridgehead atoms. The molecule has 0 radical (unpaired) electrons. The maximum Gasteiger partial charge on any atom is 0.276 e. The van der Waals surface area contributed by atoms with Gasteiger partial charge in [-0.15, -0.1) is 0 Å². The molecule has 2 aromatic carbocycles. The molecule has 1 saturated heterocycles. The molecule has 2 aromatic rings. The molecule has 1 aliphatic carbocycles. The van der Waals surface area contributed by atoms with Crippen LogP contribution in [0.3, 0.4) is 0 Å². The van der Waals surface area contributed by atoms with Gasteiger partial charge in [-0.1, -0.05) is 43.0 Å². The summed E-state index contributed by atoms with van der Waals surface area (Å²) in [5.74, 6) is 0.543. The Morgan fingerprint density at radius 3 is 2.59 bits per heavy atom. The summed E-state index contributed by atoms with van der Waals surface area (Å²) in [6.07, 6.45) is 7.18. The first-order valence-electron chi connectivity index (χ1n) is 11.5. The number of thiocarbonyl (C=S) groups is 1. The Hall–Kier alpha value is -3.39. The Morgan fingerprint density at radius 2 is 1.88 bits per heavy atom. The van der Waals surface area contributed by atoms with Gasteiger partial charge in [0.15, 0.2) is 23.2 Å². The summed E-state index contributed by atoms with van der Waals surface area (Å²) >= 11 is 5.44. The van der Waals surface area contributed by atoms with Gasteiger partial charge in [0.25, 0.3) is 11.8 Å². The van der Waals surface area contributed by atoms with Crippen molar-refractivity contribution in [3.63, 3.8) is 0 Å². The minimum Gasteiger partial charge on any atom is -0.493 e. The summed E-state index contributed by atoms with van der Waals surface area (Å²) < 4.78 is 11.1. The Morgan fingerprint density at radius 1 is 1.15 bits per heavy atom. The fourth-order valence-electron chi connectivity index (χ4n) is 4.26. The summed E-state index contributed by atoms with van der Waals surface area (Å²) in [5.41, 5.74) is 3.04. The number of hydrogen-bond acceptors (Lipinski definition) is 5. The molecule has 2 amide bonds. The molecule has 7 nitrogen and oxygen atoms in total. The number of benzene rings is 2. The highest BCUT2D eigenvalue weighted by Crippen LogP contribution is 2.30. The van der Waals surface area contributed by atoms with Crippen LogP contribution < -0.4 is 20.1 Å². The smallest absolute Gasteiger partial charge is 0.276 e. The van der Waals surface area contributed by atoms with Gasteiger partial charge in [0, 0.05) is 11.7 Å². The highest BCUT2D eigenvalue weighted by Gasteiger charge is 2.36. The van der Waals surface area contributed by atoms with Crippen molar-refractivity contribution in [1.29, 1.82) is 0 Å². The van der Waals surface area contributed by atoms with Gasteiger partial charge in [-0.05, 0) is 67.9 Å². The fraction of sp³-hybridized carbons (Fsp3) is 0.346. The lowest BCUT2D eigenvalue weighted by molar-refractivity contribution is -0.124. The number of hydrogen-bond donors (Lipinski definition) is 2. The summed E-state index contributed by atoms with van der Waals surface area (Å²) in [6.45, 7) is 1.83. The predicted octanol–water partition coefficient (Wildman–Crippen LogP) is 4.41. The molecule has 0 atom stereocenters. The average Bonchev–Trinajstić information content (AvgIpc) is 3.12. The van der Waals surface area contributed by atoms with Crippen molar-refractivity contribution in [1.82, 2.24) is 10.2 Å². The normalized spacial score (nSPS) is 17.6. The second-order valence-electron chi connectivity index (χ2n) is 8.57. The summed E-state index contributed by atoms with van der Waals surface area (Å²) in [4.78, 5) is 27.0. The molecule has 0 unspecified atom stereocenters. The van der Waals surface area contributed by atoms with Crippen molar-refractivity contribution in [3.05, 3.63) is 59.3 Å². The highest BCUT2D eigenvalue weighted by atomic mass is 32.1. The first-order chi connectivity index (χ1) is 16.4. The van der Waals surface area contributed by atoms with Gasteiger partial charge in [-0.25, -0.2) is 0 Å². The number of ether oxygens (including phenoxy) is 2. The number of amides is 2. The number of aryl methyl sites for hydroxylation is 1. The molecule has 2 aliphatic rings. The van der Waals surface area contributed by atoms with Crippen LogP contribution in [0.4, 0.5) is 5.69 Å². The molecule has 178 valence electrons. The number of methoxy groups -OCH3 is 1. The number of carbonyl (C=O) groups excluding carboxylic acids is 2. The van der Waals surface area contributed by atoms with Crippen molar-refractivity contribution in [2.75, 3.05) is 19.0 Å². The van der Waals surface area contributed by atoms with E-state index in [0.717, 1.165) is 36.8 Å². The molecule has 34 heavy (non-hydrogen) atoms. The van der Waals surface area contributed by atoms with Crippen molar-refractivity contribution in [2.24, 2.45) is 0 Å². The third kappa shape index (κ3) is 5.56. The standard InChI is InChI=1S/C26H29N3O4S/c1-17-8-11-19(12-9-17)27-24(30)16-33-22-13-10-18(15-23(22)32-2)14-21-25(31)29(26(34)28-21)20-6-4-3-5-7-20/h8-15,20H,3-7,16H2,1-2H3,(H,27,30)(H,28,34)/b21-14+. The van der Waals surface area contributed by atoms with E-state index >= 15 is 0 Å². The van der Waals surface area contributed by atoms with Crippen molar-refractivity contribution < 1.29 is 19.1 Å². The van der Waals surface area contributed by atoms with Crippen LogP contribution in [0.2, 0.25) is 0 Å². The van der Waals surface area contributed by atoms with E-state index in [4.69, 9.17) is 21.7 Å². The number of rotatable bonds is 7. The van der Waals surface area contributed by atoms with Crippen LogP contribution in [-0.2, 0) is 9.59 Å². The maximum atomic E-state index is 13.0. The number of nitrogens with zero attached hydrogens (tertiary/aromatic N) is 1. The van der Waals surface area contributed by atoms with E-state index < -0.39 is 0 Å².